The lowest BCUT2D eigenvalue weighted by atomic mass is 10.0. The molecule has 40 heavy (non-hydrogen) atoms. The monoisotopic (exact) mass is 563 g/mol. The Morgan fingerprint density at radius 2 is 1.75 bits per heavy atom. The molecule has 0 fully saturated rings. The summed E-state index contributed by atoms with van der Waals surface area (Å²) in [6, 6.07) is 9.17. The van der Waals surface area contributed by atoms with Crippen molar-refractivity contribution in [2.24, 2.45) is 5.92 Å². The van der Waals surface area contributed by atoms with Crippen LogP contribution in [0.15, 0.2) is 36.4 Å². The zero-order valence-electron chi connectivity index (χ0n) is 24.3. The van der Waals surface area contributed by atoms with Crippen molar-refractivity contribution in [3.8, 4) is 11.5 Å². The van der Waals surface area contributed by atoms with E-state index in [-0.39, 0.29) is 28.9 Å². The van der Waals surface area contributed by atoms with Crippen LogP contribution in [0.25, 0.3) is 5.76 Å². The Morgan fingerprint density at radius 1 is 1.12 bits per heavy atom. The van der Waals surface area contributed by atoms with Crippen LogP contribution in [-0.2, 0) is 4.74 Å². The number of amides is 1. The second kappa shape index (κ2) is 14.6. The Hall–Kier alpha value is -3.69. The molecule has 0 aromatic heterocycles. The van der Waals surface area contributed by atoms with Gasteiger partial charge in [0.05, 0.1) is 14.2 Å². The number of halogens is 3. The van der Waals surface area contributed by atoms with Gasteiger partial charge in [0.1, 0.15) is 29.4 Å². The fourth-order valence-electron chi connectivity index (χ4n) is 4.10. The molecule has 10 heteroatoms. The van der Waals surface area contributed by atoms with Gasteiger partial charge in [0.25, 0.3) is 5.91 Å². The van der Waals surface area contributed by atoms with Crippen molar-refractivity contribution in [2.45, 2.75) is 60.1 Å². The van der Waals surface area contributed by atoms with Gasteiger partial charge in [0, 0.05) is 42.5 Å². The molecule has 2 aromatic rings. The lowest BCUT2D eigenvalue weighted by Crippen LogP contribution is -2.34. The maximum Gasteiger partial charge on any atom is 0.405 e. The molecule has 7 nitrogen and oxygen atoms in total. The van der Waals surface area contributed by atoms with E-state index in [4.69, 9.17) is 19.6 Å². The second-order valence-corrected chi connectivity index (χ2v) is 9.66. The number of anilines is 2. The molecule has 1 unspecified atom stereocenters. The minimum absolute atomic E-state index is 0.0945. The summed E-state index contributed by atoms with van der Waals surface area (Å²) in [5.41, 5.74) is 3.23. The number of methoxy groups -OCH3 is 2. The molecule has 0 aliphatic rings. The number of rotatable bonds is 13. The molecule has 2 aromatic carbocycles. The van der Waals surface area contributed by atoms with E-state index in [1.54, 1.807) is 19.1 Å². The van der Waals surface area contributed by atoms with Crippen molar-refractivity contribution in [1.29, 1.82) is 5.41 Å². The van der Waals surface area contributed by atoms with E-state index in [1.165, 1.54) is 14.2 Å². The first kappa shape index (κ1) is 32.5. The van der Waals surface area contributed by atoms with Crippen LogP contribution in [0.3, 0.4) is 0 Å². The summed E-state index contributed by atoms with van der Waals surface area (Å²) in [5, 5.41) is 9.68. The molecule has 0 saturated carbocycles. The Kier molecular flexibility index (Phi) is 11.9. The van der Waals surface area contributed by atoms with Crippen molar-refractivity contribution in [3.05, 3.63) is 53.1 Å². The zero-order chi connectivity index (χ0) is 30.0. The Labute approximate surface area is 234 Å². The van der Waals surface area contributed by atoms with Crippen molar-refractivity contribution in [1.82, 2.24) is 5.32 Å². The first-order valence-electron chi connectivity index (χ1n) is 13.3. The van der Waals surface area contributed by atoms with Gasteiger partial charge in [-0.05, 0) is 49.1 Å². The minimum Gasteiger partial charge on any atom is -0.496 e. The van der Waals surface area contributed by atoms with Crippen molar-refractivity contribution in [3.63, 3.8) is 0 Å². The number of nitrogens with zero attached hydrogens (tertiary/aromatic N) is 1. The van der Waals surface area contributed by atoms with E-state index in [1.807, 2.05) is 36.5 Å². The fraction of sp³-hybridized carbons (Fsp3) is 0.467. The van der Waals surface area contributed by atoms with Crippen LogP contribution in [0.2, 0.25) is 0 Å². The van der Waals surface area contributed by atoms with Gasteiger partial charge < -0.3 is 24.4 Å². The van der Waals surface area contributed by atoms with E-state index in [0.717, 1.165) is 36.1 Å². The number of carbonyl (C=O) groups excluding carboxylic acids is 1. The molecule has 0 heterocycles. The van der Waals surface area contributed by atoms with Gasteiger partial charge in [0.15, 0.2) is 5.90 Å². The number of unbranched alkanes of at least 4 members (excludes halogenated alkanes) is 1. The third-order valence-electron chi connectivity index (χ3n) is 6.32. The number of ether oxygens (including phenoxy) is 3. The smallest absolute Gasteiger partial charge is 0.405 e. The molecule has 0 aliphatic carbocycles. The highest BCUT2D eigenvalue weighted by Gasteiger charge is 2.30. The van der Waals surface area contributed by atoms with E-state index in [9.17, 15) is 18.0 Å². The Bertz CT molecular complexity index is 1190. The van der Waals surface area contributed by atoms with Crippen molar-refractivity contribution in [2.75, 3.05) is 32.2 Å². The minimum atomic E-state index is -4.55. The van der Waals surface area contributed by atoms with E-state index < -0.39 is 18.6 Å². The van der Waals surface area contributed by atoms with E-state index in [0.29, 0.717) is 18.0 Å². The Morgan fingerprint density at radius 3 is 2.23 bits per heavy atom. The first-order chi connectivity index (χ1) is 18.8. The molecule has 0 aliphatic heterocycles. The van der Waals surface area contributed by atoms with Gasteiger partial charge in [-0.3, -0.25) is 10.2 Å². The molecule has 1 amide bonds. The molecule has 2 N–H and O–H groups in total. The average molecular weight is 564 g/mol. The summed E-state index contributed by atoms with van der Waals surface area (Å²) in [5.74, 6) is 0.250. The number of hydrogen-bond acceptors (Lipinski definition) is 6. The van der Waals surface area contributed by atoms with Crippen LogP contribution in [0.4, 0.5) is 24.5 Å². The maximum atomic E-state index is 12.7. The van der Waals surface area contributed by atoms with E-state index in [2.05, 4.69) is 25.7 Å². The van der Waals surface area contributed by atoms with Gasteiger partial charge in [-0.1, -0.05) is 33.6 Å². The average Bonchev–Trinajstić information content (AvgIpc) is 2.91. The number of nitrogens with one attached hydrogen (secondary N) is 2. The molecule has 1 atom stereocenters. The van der Waals surface area contributed by atoms with Gasteiger partial charge in [-0.2, -0.15) is 13.2 Å². The van der Waals surface area contributed by atoms with Gasteiger partial charge in [-0.25, -0.2) is 0 Å². The summed E-state index contributed by atoms with van der Waals surface area (Å²) >= 11 is 0. The third kappa shape index (κ3) is 8.93. The number of allylic oxidation sites excluding steroid dienone is 1. The molecule has 220 valence electrons. The number of benzene rings is 2. The normalized spacial score (nSPS) is 12.5. The van der Waals surface area contributed by atoms with Crippen LogP contribution < -0.4 is 19.7 Å². The van der Waals surface area contributed by atoms with Crippen LogP contribution in [-0.4, -0.2) is 45.3 Å². The Balaban J connectivity index is 2.63. The van der Waals surface area contributed by atoms with E-state index >= 15 is 0 Å². The lowest BCUT2D eigenvalue weighted by Gasteiger charge is -2.30. The van der Waals surface area contributed by atoms with Crippen LogP contribution >= 0.6 is 0 Å². The predicted octanol–water partition coefficient (Wildman–Crippen LogP) is 7.64. The first-order valence-corrected chi connectivity index (χ1v) is 13.3. The summed E-state index contributed by atoms with van der Waals surface area (Å²) in [7, 11) is 2.71. The van der Waals surface area contributed by atoms with Crippen LogP contribution in [0.1, 0.15) is 68.4 Å². The maximum absolute atomic E-state index is 12.7. The predicted molar refractivity (Wildman–Crippen MR) is 153 cm³/mol. The highest BCUT2D eigenvalue weighted by Crippen LogP contribution is 2.39. The molecule has 0 bridgehead atoms. The second-order valence-electron chi connectivity index (χ2n) is 9.66. The SMILES string of the molecule is CCC/C=C(/OC(C)=N)c1ccc(N(CC(C)CC)c2cc(OC)c(C(=O)NCC(F)(F)F)c(OC)c2)c(C)c1. The summed E-state index contributed by atoms with van der Waals surface area (Å²) in [6.07, 6.45) is 0.0857. The third-order valence-corrected chi connectivity index (χ3v) is 6.32. The molecule has 0 spiro atoms. The highest BCUT2D eigenvalue weighted by atomic mass is 19.4. The molecule has 2 rings (SSSR count). The summed E-state index contributed by atoms with van der Waals surface area (Å²) in [6.45, 7) is 9.00. The zero-order valence-corrected chi connectivity index (χ0v) is 24.3. The lowest BCUT2D eigenvalue weighted by molar-refractivity contribution is -0.123. The topological polar surface area (TPSA) is 83.9 Å². The highest BCUT2D eigenvalue weighted by molar-refractivity contribution is 6.00. The van der Waals surface area contributed by atoms with Crippen LogP contribution in [0.5, 0.6) is 11.5 Å². The van der Waals surface area contributed by atoms with Gasteiger partial charge in [0.2, 0.25) is 0 Å². The number of hydrogen-bond donors (Lipinski definition) is 2. The number of carbonyl (C=O) groups is 1. The van der Waals surface area contributed by atoms with Gasteiger partial charge in [-0.15, -0.1) is 0 Å². The number of alkyl halides is 3. The van der Waals surface area contributed by atoms with Gasteiger partial charge >= 0.3 is 6.18 Å². The molecular formula is C30H40F3N3O4. The quantitative estimate of drug-likeness (QED) is 0.149. The largest absolute Gasteiger partial charge is 0.496 e. The summed E-state index contributed by atoms with van der Waals surface area (Å²) in [4.78, 5) is 14.8. The summed E-state index contributed by atoms with van der Waals surface area (Å²) < 4.78 is 54.8. The van der Waals surface area contributed by atoms with Crippen molar-refractivity contribution >= 4 is 28.9 Å². The molecular weight excluding hydrogens is 523 g/mol. The number of aryl methyl sites for hydroxylation is 1. The molecule has 0 saturated heterocycles. The fourth-order valence-corrected chi connectivity index (χ4v) is 4.10. The van der Waals surface area contributed by atoms with Crippen LogP contribution in [0, 0.1) is 18.3 Å². The standard InChI is InChI=1S/C30H40F3N3O4/c1-8-10-11-25(40-21(5)34)22-12-13-24(20(4)14-22)36(17-19(3)9-2)23-15-26(38-6)28(27(16-23)39-7)29(37)35-18-30(31,32)33/h11-16,19,34H,8-10,17-18H2,1-7H3,(H,35,37)/b25-11+,34-21?. The molecule has 0 radical (unpaired) electrons. The van der Waals surface area contributed by atoms with Crippen molar-refractivity contribution < 1.29 is 32.2 Å².